The van der Waals surface area contributed by atoms with Gasteiger partial charge < -0.3 is 26.6 Å². The molecule has 0 saturated heterocycles. The van der Waals surface area contributed by atoms with Gasteiger partial charge in [-0.05, 0) is 32.5 Å². The van der Waals surface area contributed by atoms with Gasteiger partial charge in [-0.2, -0.15) is 0 Å². The van der Waals surface area contributed by atoms with E-state index in [4.69, 9.17) is 5.73 Å². The molecule has 8 heteroatoms. The average Bonchev–Trinajstić information content (AvgIpc) is 2.59. The molecule has 6 N–H and O–H groups in total. The highest BCUT2D eigenvalue weighted by Crippen LogP contribution is 2.24. The number of phenolic OH excluding ortho intramolecular Hbond substituents is 2. The van der Waals surface area contributed by atoms with Crippen LogP contribution >= 0.6 is 0 Å². The van der Waals surface area contributed by atoms with Gasteiger partial charge in [-0.25, -0.2) is 0 Å². The van der Waals surface area contributed by atoms with E-state index in [9.17, 15) is 24.6 Å². The van der Waals surface area contributed by atoms with Gasteiger partial charge in [-0.1, -0.05) is 12.5 Å². The van der Waals surface area contributed by atoms with Crippen LogP contribution in [0.4, 0.5) is 0 Å². The van der Waals surface area contributed by atoms with Crippen molar-refractivity contribution in [3.8, 4) is 11.5 Å². The van der Waals surface area contributed by atoms with E-state index in [1.807, 2.05) is 7.05 Å². The summed E-state index contributed by atoms with van der Waals surface area (Å²) in [7, 11) is 1.88. The Labute approximate surface area is 159 Å². The third kappa shape index (κ3) is 9.05. The first kappa shape index (κ1) is 22.4. The lowest BCUT2D eigenvalue weighted by Gasteiger charge is -2.15. The molecule has 0 saturated carbocycles. The number of carbonyl (C=O) groups excluding carboxylic acids is 3. The first-order chi connectivity index (χ1) is 12.8. The molecule has 0 aliphatic heterocycles. The molecule has 0 radical (unpaired) electrons. The Hall–Kier alpha value is -2.61. The number of amides is 2. The van der Waals surface area contributed by atoms with Gasteiger partial charge in [0.05, 0.1) is 5.92 Å². The predicted octanol–water partition coefficient (Wildman–Crippen LogP) is 0.597. The summed E-state index contributed by atoms with van der Waals surface area (Å²) in [6.07, 6.45) is 2.32. The van der Waals surface area contributed by atoms with E-state index in [0.717, 1.165) is 31.9 Å². The van der Waals surface area contributed by atoms with Crippen LogP contribution < -0.4 is 16.4 Å². The molecule has 150 valence electrons. The molecule has 0 fully saturated rings. The van der Waals surface area contributed by atoms with E-state index in [-0.39, 0.29) is 42.5 Å². The molecule has 27 heavy (non-hydrogen) atoms. The number of unbranched alkanes of at least 4 members (excludes halogenated alkanes) is 2. The Bertz CT molecular complexity index is 648. The van der Waals surface area contributed by atoms with Crippen LogP contribution in [0.25, 0.3) is 0 Å². The van der Waals surface area contributed by atoms with Crippen LogP contribution in [0.3, 0.4) is 0 Å². The average molecular weight is 379 g/mol. The number of ketones is 1. The molecule has 0 aliphatic carbocycles. The number of nitrogens with two attached hydrogens (primary N) is 1. The van der Waals surface area contributed by atoms with E-state index in [1.165, 1.54) is 12.1 Å². The van der Waals surface area contributed by atoms with Crippen molar-refractivity contribution in [2.24, 2.45) is 11.7 Å². The Kier molecular flexibility index (Phi) is 9.89. The number of hydrogen-bond donors (Lipinski definition) is 5. The van der Waals surface area contributed by atoms with Crippen molar-refractivity contribution in [2.45, 2.75) is 38.5 Å². The molecule has 2 amide bonds. The Morgan fingerprint density at radius 1 is 1.07 bits per heavy atom. The Balaban J connectivity index is 2.55. The van der Waals surface area contributed by atoms with Crippen LogP contribution in [0.2, 0.25) is 0 Å². The van der Waals surface area contributed by atoms with Crippen LogP contribution in [0.1, 0.15) is 37.7 Å². The number of rotatable bonds is 13. The molecule has 0 aliphatic rings. The number of primary amides is 1. The van der Waals surface area contributed by atoms with Crippen molar-refractivity contribution in [3.63, 3.8) is 0 Å². The lowest BCUT2D eigenvalue weighted by Crippen LogP contribution is -2.35. The van der Waals surface area contributed by atoms with Crippen LogP contribution in [0, 0.1) is 5.92 Å². The van der Waals surface area contributed by atoms with Gasteiger partial charge >= 0.3 is 0 Å². The van der Waals surface area contributed by atoms with Gasteiger partial charge in [-0.15, -0.1) is 0 Å². The SMILES string of the molecule is CNCCCCCNC(=O)[C@H](CC(N)=O)CC(=O)Cc1ccc(O)cc1O. The summed E-state index contributed by atoms with van der Waals surface area (Å²) in [6, 6.07) is 3.95. The van der Waals surface area contributed by atoms with Crippen molar-refractivity contribution in [1.82, 2.24) is 10.6 Å². The second-order valence-corrected chi connectivity index (χ2v) is 6.56. The highest BCUT2D eigenvalue weighted by atomic mass is 16.3. The van der Waals surface area contributed by atoms with Crippen LogP contribution in [-0.2, 0) is 20.8 Å². The van der Waals surface area contributed by atoms with Gasteiger partial charge in [0.15, 0.2) is 0 Å². The molecule has 1 aromatic carbocycles. The van der Waals surface area contributed by atoms with Gasteiger partial charge in [-0.3, -0.25) is 14.4 Å². The monoisotopic (exact) mass is 379 g/mol. The number of hydrogen-bond acceptors (Lipinski definition) is 6. The van der Waals surface area contributed by atoms with Crippen molar-refractivity contribution in [1.29, 1.82) is 0 Å². The molecule has 0 bridgehead atoms. The number of aromatic hydroxyl groups is 2. The minimum absolute atomic E-state index is 0.0985. The third-order valence-electron chi connectivity index (χ3n) is 4.15. The van der Waals surface area contributed by atoms with E-state index < -0.39 is 11.8 Å². The summed E-state index contributed by atoms with van der Waals surface area (Å²) < 4.78 is 0. The highest BCUT2D eigenvalue weighted by Gasteiger charge is 2.24. The zero-order valence-corrected chi connectivity index (χ0v) is 15.7. The van der Waals surface area contributed by atoms with E-state index >= 15 is 0 Å². The summed E-state index contributed by atoms with van der Waals surface area (Å²) in [5.41, 5.74) is 5.55. The van der Waals surface area contributed by atoms with Crippen LogP contribution in [0.5, 0.6) is 11.5 Å². The number of phenols is 2. The first-order valence-corrected chi connectivity index (χ1v) is 9.06. The fourth-order valence-electron chi connectivity index (χ4n) is 2.72. The summed E-state index contributed by atoms with van der Waals surface area (Å²) in [6.45, 7) is 1.39. The van der Waals surface area contributed by atoms with E-state index in [0.29, 0.717) is 12.1 Å². The van der Waals surface area contributed by atoms with Crippen LogP contribution in [-0.4, -0.2) is 47.9 Å². The second-order valence-electron chi connectivity index (χ2n) is 6.56. The molecule has 8 nitrogen and oxygen atoms in total. The maximum absolute atomic E-state index is 12.3. The fourth-order valence-corrected chi connectivity index (χ4v) is 2.72. The first-order valence-electron chi connectivity index (χ1n) is 9.06. The zero-order chi connectivity index (χ0) is 20.2. The third-order valence-corrected chi connectivity index (χ3v) is 4.15. The maximum Gasteiger partial charge on any atom is 0.224 e. The number of Topliss-reactive ketones (excluding diaryl/α,β-unsaturated/α-hetero) is 1. The summed E-state index contributed by atoms with van der Waals surface area (Å²) in [5, 5.41) is 24.8. The van der Waals surface area contributed by atoms with Crippen molar-refractivity contribution in [2.75, 3.05) is 20.1 Å². The van der Waals surface area contributed by atoms with Gasteiger partial charge in [0.25, 0.3) is 0 Å². The van der Waals surface area contributed by atoms with Gasteiger partial charge in [0, 0.05) is 37.4 Å². The zero-order valence-electron chi connectivity index (χ0n) is 15.7. The van der Waals surface area contributed by atoms with Gasteiger partial charge in [0.1, 0.15) is 17.3 Å². The summed E-state index contributed by atoms with van der Waals surface area (Å²) in [5.74, 6) is -2.45. The quantitative estimate of drug-likeness (QED) is 0.318. The predicted molar refractivity (Wildman–Crippen MR) is 101 cm³/mol. The minimum atomic E-state index is -0.827. The number of nitrogens with one attached hydrogen (secondary N) is 2. The largest absolute Gasteiger partial charge is 0.508 e. The number of carbonyl (C=O) groups is 3. The molecule has 0 unspecified atom stereocenters. The van der Waals surface area contributed by atoms with Crippen molar-refractivity contribution in [3.05, 3.63) is 23.8 Å². The smallest absolute Gasteiger partial charge is 0.224 e. The molecule has 1 aromatic rings. The second kappa shape index (κ2) is 11.9. The standard InChI is InChI=1S/C19H29N3O5/c1-21-7-3-2-4-8-22-19(27)14(11-18(20)26)10-16(24)9-13-5-6-15(23)12-17(13)25/h5-6,12,14,21,23,25H,2-4,7-11H2,1H3,(H2,20,26)(H,22,27)/t14-/m0/s1. The van der Waals surface area contributed by atoms with Crippen molar-refractivity contribution < 1.29 is 24.6 Å². The van der Waals surface area contributed by atoms with E-state index in [1.54, 1.807) is 0 Å². The topological polar surface area (TPSA) is 142 Å². The lowest BCUT2D eigenvalue weighted by atomic mass is 9.94. The van der Waals surface area contributed by atoms with Crippen molar-refractivity contribution >= 4 is 17.6 Å². The van der Waals surface area contributed by atoms with E-state index in [2.05, 4.69) is 10.6 Å². The fraction of sp³-hybridized carbons (Fsp3) is 0.526. The Morgan fingerprint density at radius 2 is 1.78 bits per heavy atom. The molecule has 0 aromatic heterocycles. The maximum atomic E-state index is 12.3. The minimum Gasteiger partial charge on any atom is -0.508 e. The molecule has 0 heterocycles. The molecule has 1 atom stereocenters. The Morgan fingerprint density at radius 3 is 2.41 bits per heavy atom. The molecular formula is C19H29N3O5. The number of benzene rings is 1. The van der Waals surface area contributed by atoms with Crippen LogP contribution in [0.15, 0.2) is 18.2 Å². The van der Waals surface area contributed by atoms with Gasteiger partial charge in [0.2, 0.25) is 11.8 Å². The summed E-state index contributed by atoms with van der Waals surface area (Å²) in [4.78, 5) is 35.8. The molecular weight excluding hydrogens is 350 g/mol. The summed E-state index contributed by atoms with van der Waals surface area (Å²) >= 11 is 0. The lowest BCUT2D eigenvalue weighted by molar-refractivity contribution is -0.132. The molecule has 1 rings (SSSR count). The normalized spacial score (nSPS) is 11.7. The highest BCUT2D eigenvalue weighted by molar-refractivity contribution is 5.91. The molecule has 0 spiro atoms.